The molecule has 0 aromatic carbocycles. The van der Waals surface area contributed by atoms with E-state index in [4.69, 9.17) is 0 Å². The number of aromatic hydroxyl groups is 1. The molecule has 1 aliphatic heterocycles. The standard InChI is InChI=1S/C15H20N2O4/c1-2-4-15(14(20)21)5-8-17(9-6-15)13(19)11-3-7-16-10-12(11)18/h3,7,10,18H,2,4-6,8-9H2,1H3,(H,20,21). The minimum atomic E-state index is -0.775. The number of hydrogen-bond donors (Lipinski definition) is 2. The number of aromatic nitrogens is 1. The molecule has 2 N–H and O–H groups in total. The van der Waals surface area contributed by atoms with Gasteiger partial charge in [0.1, 0.15) is 5.75 Å². The van der Waals surface area contributed by atoms with Crippen molar-refractivity contribution in [3.05, 3.63) is 24.0 Å². The summed E-state index contributed by atoms with van der Waals surface area (Å²) in [5.41, 5.74) is -0.505. The number of amides is 1. The number of pyridine rings is 1. The number of carboxylic acid groups (broad SMARTS) is 1. The van der Waals surface area contributed by atoms with Gasteiger partial charge in [0.05, 0.1) is 17.2 Å². The summed E-state index contributed by atoms with van der Waals surface area (Å²) in [6.45, 7) is 2.76. The monoisotopic (exact) mass is 292 g/mol. The summed E-state index contributed by atoms with van der Waals surface area (Å²) in [4.78, 5) is 29.2. The van der Waals surface area contributed by atoms with Gasteiger partial charge in [-0.05, 0) is 25.3 Å². The summed E-state index contributed by atoms with van der Waals surface area (Å²) in [6, 6.07) is 1.47. The molecule has 6 nitrogen and oxygen atoms in total. The van der Waals surface area contributed by atoms with Crippen molar-refractivity contribution in [3.63, 3.8) is 0 Å². The van der Waals surface area contributed by atoms with Crippen LogP contribution in [0.5, 0.6) is 5.75 Å². The van der Waals surface area contributed by atoms with Gasteiger partial charge in [-0.3, -0.25) is 14.6 Å². The Morgan fingerprint density at radius 1 is 1.38 bits per heavy atom. The first-order valence-electron chi connectivity index (χ1n) is 7.16. The maximum atomic E-state index is 12.4. The van der Waals surface area contributed by atoms with Crippen molar-refractivity contribution in [3.8, 4) is 5.75 Å². The molecule has 1 saturated heterocycles. The van der Waals surface area contributed by atoms with E-state index in [1.807, 2.05) is 6.92 Å². The van der Waals surface area contributed by atoms with Gasteiger partial charge in [-0.1, -0.05) is 13.3 Å². The van der Waals surface area contributed by atoms with Crippen LogP contribution in [-0.4, -0.2) is 45.1 Å². The fourth-order valence-electron chi connectivity index (χ4n) is 2.92. The molecule has 0 saturated carbocycles. The zero-order chi connectivity index (χ0) is 15.5. The summed E-state index contributed by atoms with van der Waals surface area (Å²) >= 11 is 0. The zero-order valence-electron chi connectivity index (χ0n) is 12.1. The van der Waals surface area contributed by atoms with E-state index in [9.17, 15) is 19.8 Å². The summed E-state index contributed by atoms with van der Waals surface area (Å²) in [5.74, 6) is -1.19. The molecule has 1 aromatic heterocycles. The largest absolute Gasteiger partial charge is 0.505 e. The highest BCUT2D eigenvalue weighted by atomic mass is 16.4. The summed E-state index contributed by atoms with van der Waals surface area (Å²) in [6.07, 6.45) is 5.03. The smallest absolute Gasteiger partial charge is 0.309 e. The first kappa shape index (κ1) is 15.3. The molecule has 114 valence electrons. The number of nitrogens with zero attached hydrogens (tertiary/aromatic N) is 2. The van der Waals surface area contributed by atoms with Crippen LogP contribution in [0.2, 0.25) is 0 Å². The van der Waals surface area contributed by atoms with Crippen LogP contribution >= 0.6 is 0 Å². The third-order valence-electron chi connectivity index (χ3n) is 4.22. The molecule has 0 spiro atoms. The molecule has 2 heterocycles. The molecular weight excluding hydrogens is 272 g/mol. The van der Waals surface area contributed by atoms with Gasteiger partial charge in [-0.15, -0.1) is 0 Å². The second-order valence-corrected chi connectivity index (χ2v) is 5.52. The van der Waals surface area contributed by atoms with Crippen molar-refractivity contribution in [1.82, 2.24) is 9.88 Å². The number of carbonyl (C=O) groups excluding carboxylic acids is 1. The number of carbonyl (C=O) groups is 2. The van der Waals surface area contributed by atoms with Crippen molar-refractivity contribution < 1.29 is 19.8 Å². The molecule has 1 aromatic rings. The highest BCUT2D eigenvalue weighted by Crippen LogP contribution is 2.37. The molecule has 2 rings (SSSR count). The number of piperidine rings is 1. The topological polar surface area (TPSA) is 90.7 Å². The van der Waals surface area contributed by atoms with Gasteiger partial charge in [-0.25, -0.2) is 0 Å². The highest BCUT2D eigenvalue weighted by Gasteiger charge is 2.41. The minimum Gasteiger partial charge on any atom is -0.505 e. The third kappa shape index (κ3) is 2.99. The Morgan fingerprint density at radius 2 is 2.05 bits per heavy atom. The quantitative estimate of drug-likeness (QED) is 0.884. The van der Waals surface area contributed by atoms with Crippen LogP contribution in [0.25, 0.3) is 0 Å². The van der Waals surface area contributed by atoms with Gasteiger partial charge in [0.2, 0.25) is 0 Å². The lowest BCUT2D eigenvalue weighted by Gasteiger charge is -2.38. The molecule has 0 bridgehead atoms. The maximum Gasteiger partial charge on any atom is 0.309 e. The predicted molar refractivity (Wildman–Crippen MR) is 76.0 cm³/mol. The van der Waals surface area contributed by atoms with E-state index < -0.39 is 11.4 Å². The fourth-order valence-corrected chi connectivity index (χ4v) is 2.92. The Labute approximate surface area is 123 Å². The summed E-state index contributed by atoms with van der Waals surface area (Å²) < 4.78 is 0. The van der Waals surface area contributed by atoms with Crippen molar-refractivity contribution >= 4 is 11.9 Å². The average molecular weight is 292 g/mol. The van der Waals surface area contributed by atoms with Gasteiger partial charge >= 0.3 is 5.97 Å². The molecule has 1 amide bonds. The molecule has 6 heteroatoms. The first-order chi connectivity index (χ1) is 10.00. The average Bonchev–Trinajstić information content (AvgIpc) is 2.48. The molecule has 0 radical (unpaired) electrons. The lowest BCUT2D eigenvalue weighted by molar-refractivity contribution is -0.152. The molecule has 1 aliphatic rings. The Morgan fingerprint density at radius 3 is 2.57 bits per heavy atom. The van der Waals surface area contributed by atoms with E-state index in [1.54, 1.807) is 4.90 Å². The van der Waals surface area contributed by atoms with Gasteiger partial charge in [-0.2, -0.15) is 0 Å². The second-order valence-electron chi connectivity index (χ2n) is 5.52. The van der Waals surface area contributed by atoms with Gasteiger partial charge in [0.25, 0.3) is 5.91 Å². The summed E-state index contributed by atoms with van der Waals surface area (Å²) in [5, 5.41) is 19.1. The Kier molecular flexibility index (Phi) is 4.45. The maximum absolute atomic E-state index is 12.4. The lowest BCUT2D eigenvalue weighted by atomic mass is 9.75. The Hall–Kier alpha value is -2.11. The second kappa shape index (κ2) is 6.11. The van der Waals surface area contributed by atoms with Gasteiger partial charge in [0, 0.05) is 19.3 Å². The number of rotatable bonds is 4. The third-order valence-corrected chi connectivity index (χ3v) is 4.22. The molecule has 0 aliphatic carbocycles. The van der Waals surface area contributed by atoms with Crippen molar-refractivity contribution in [2.24, 2.45) is 5.41 Å². The normalized spacial score (nSPS) is 17.5. The van der Waals surface area contributed by atoms with Crippen molar-refractivity contribution in [2.75, 3.05) is 13.1 Å². The summed E-state index contributed by atoms with van der Waals surface area (Å²) in [7, 11) is 0. The fraction of sp³-hybridized carbons (Fsp3) is 0.533. The first-order valence-corrected chi connectivity index (χ1v) is 7.16. The number of carboxylic acids is 1. The van der Waals surface area contributed by atoms with Crippen LogP contribution in [0.4, 0.5) is 0 Å². The van der Waals surface area contributed by atoms with E-state index in [2.05, 4.69) is 4.98 Å². The molecule has 1 fully saturated rings. The van der Waals surface area contributed by atoms with E-state index in [0.29, 0.717) is 32.4 Å². The van der Waals surface area contributed by atoms with Crippen LogP contribution in [0.3, 0.4) is 0 Å². The van der Waals surface area contributed by atoms with Crippen LogP contribution in [0.15, 0.2) is 18.5 Å². The SMILES string of the molecule is CCCC1(C(=O)O)CCN(C(=O)c2ccncc2O)CC1. The van der Waals surface area contributed by atoms with Gasteiger partial charge < -0.3 is 15.1 Å². The predicted octanol–water partition coefficient (Wildman–Crippen LogP) is 1.89. The van der Waals surface area contributed by atoms with E-state index >= 15 is 0 Å². The minimum absolute atomic E-state index is 0.147. The Balaban J connectivity index is 2.09. The van der Waals surface area contributed by atoms with Gasteiger partial charge in [0.15, 0.2) is 0 Å². The van der Waals surface area contributed by atoms with Crippen molar-refractivity contribution in [2.45, 2.75) is 32.6 Å². The number of hydrogen-bond acceptors (Lipinski definition) is 4. The molecular formula is C15H20N2O4. The lowest BCUT2D eigenvalue weighted by Crippen LogP contribution is -2.46. The van der Waals surface area contributed by atoms with Crippen LogP contribution < -0.4 is 0 Å². The van der Waals surface area contributed by atoms with Crippen molar-refractivity contribution in [1.29, 1.82) is 0 Å². The van der Waals surface area contributed by atoms with Crippen LogP contribution in [-0.2, 0) is 4.79 Å². The van der Waals surface area contributed by atoms with Crippen LogP contribution in [0.1, 0.15) is 43.0 Å². The molecule has 0 atom stereocenters. The molecule has 0 unspecified atom stereocenters. The number of aliphatic carboxylic acids is 1. The van der Waals surface area contributed by atoms with Crippen LogP contribution in [0, 0.1) is 5.41 Å². The highest BCUT2D eigenvalue weighted by molar-refractivity contribution is 5.96. The Bertz CT molecular complexity index is 536. The van der Waals surface area contributed by atoms with E-state index in [0.717, 1.165) is 6.42 Å². The zero-order valence-corrected chi connectivity index (χ0v) is 12.1. The van der Waals surface area contributed by atoms with E-state index in [1.165, 1.54) is 18.5 Å². The number of likely N-dealkylation sites (tertiary alicyclic amines) is 1. The molecule has 21 heavy (non-hydrogen) atoms. The van der Waals surface area contributed by atoms with E-state index in [-0.39, 0.29) is 17.2 Å².